The number of allylic oxidation sites excluding steroid dienone is 1. The topological polar surface area (TPSA) is 54.0 Å². The maximum atomic E-state index is 12.6. The number of carbonyl (C=O) groups excluding carboxylic acids is 1. The van der Waals surface area contributed by atoms with Gasteiger partial charge in [0, 0.05) is 6.07 Å². The molecule has 0 unspecified atom stereocenters. The number of benzene rings is 2. The highest BCUT2D eigenvalue weighted by Crippen LogP contribution is 2.37. The first kappa shape index (κ1) is 16.5. The van der Waals surface area contributed by atoms with E-state index >= 15 is 0 Å². The van der Waals surface area contributed by atoms with Gasteiger partial charge in [0.2, 0.25) is 12.6 Å². The van der Waals surface area contributed by atoms with Crippen molar-refractivity contribution >= 4 is 11.9 Å². The smallest absolute Gasteiger partial charge is 0.231 e. The molecule has 0 atom stereocenters. The lowest BCUT2D eigenvalue weighted by Gasteiger charge is -2.06. The van der Waals surface area contributed by atoms with Crippen molar-refractivity contribution in [3.63, 3.8) is 0 Å². The zero-order valence-electron chi connectivity index (χ0n) is 14.6. The average Bonchev–Trinajstić information content (AvgIpc) is 3.23. The van der Waals surface area contributed by atoms with E-state index in [0.717, 1.165) is 30.6 Å². The Morgan fingerprint density at radius 2 is 1.92 bits per heavy atom. The molecule has 0 spiro atoms. The lowest BCUT2D eigenvalue weighted by molar-refractivity contribution is 0.101. The predicted octanol–water partition coefficient (Wildman–Crippen LogP) is 4.60. The van der Waals surface area contributed by atoms with E-state index < -0.39 is 0 Å². The van der Waals surface area contributed by atoms with E-state index in [1.165, 1.54) is 0 Å². The third-order valence-corrected chi connectivity index (χ3v) is 4.35. The van der Waals surface area contributed by atoms with E-state index in [4.69, 9.17) is 18.9 Å². The van der Waals surface area contributed by atoms with Crippen LogP contribution in [-0.4, -0.2) is 19.2 Å². The van der Waals surface area contributed by atoms with Gasteiger partial charge in [0.05, 0.1) is 12.2 Å². The molecule has 134 valence electrons. The van der Waals surface area contributed by atoms with E-state index in [1.54, 1.807) is 18.2 Å². The van der Waals surface area contributed by atoms with Crippen molar-refractivity contribution in [2.45, 2.75) is 26.2 Å². The van der Waals surface area contributed by atoms with Crippen molar-refractivity contribution in [3.8, 4) is 23.0 Å². The van der Waals surface area contributed by atoms with Gasteiger partial charge in [0.15, 0.2) is 17.3 Å². The molecule has 0 amide bonds. The fraction of sp³-hybridized carbons (Fsp3) is 0.286. The van der Waals surface area contributed by atoms with Gasteiger partial charge in [0.1, 0.15) is 11.5 Å². The number of hydrogen-bond acceptors (Lipinski definition) is 5. The second kappa shape index (κ2) is 7.12. The van der Waals surface area contributed by atoms with Crippen LogP contribution < -0.4 is 18.9 Å². The Hall–Kier alpha value is -2.95. The van der Waals surface area contributed by atoms with Crippen molar-refractivity contribution in [3.05, 3.63) is 53.3 Å². The van der Waals surface area contributed by atoms with Crippen LogP contribution in [0.1, 0.15) is 42.1 Å². The molecule has 0 aliphatic carbocycles. The Labute approximate surface area is 152 Å². The molecular formula is C21H20O5. The summed E-state index contributed by atoms with van der Waals surface area (Å²) in [6.07, 6.45) is 5.02. The minimum atomic E-state index is -0.129. The molecule has 0 bridgehead atoms. The maximum Gasteiger partial charge on any atom is 0.231 e. The van der Waals surface area contributed by atoms with Gasteiger partial charge in [-0.1, -0.05) is 25.8 Å². The van der Waals surface area contributed by atoms with Crippen LogP contribution in [0.3, 0.4) is 0 Å². The number of carbonyl (C=O) groups is 1. The molecular weight excluding hydrogens is 332 g/mol. The Morgan fingerprint density at radius 1 is 1.04 bits per heavy atom. The van der Waals surface area contributed by atoms with Crippen molar-refractivity contribution in [1.29, 1.82) is 0 Å². The number of Topliss-reactive ketones (excluding diaryl/α,β-unsaturated/α-hetero) is 1. The quantitative estimate of drug-likeness (QED) is 0.562. The first-order chi connectivity index (χ1) is 12.7. The van der Waals surface area contributed by atoms with Crippen molar-refractivity contribution in [1.82, 2.24) is 0 Å². The Balaban J connectivity index is 1.50. The highest BCUT2D eigenvalue weighted by molar-refractivity contribution is 6.14. The summed E-state index contributed by atoms with van der Waals surface area (Å²) in [4.78, 5) is 12.6. The van der Waals surface area contributed by atoms with Crippen molar-refractivity contribution in [2.24, 2.45) is 0 Å². The fourth-order valence-electron chi connectivity index (χ4n) is 2.95. The Morgan fingerprint density at radius 3 is 2.81 bits per heavy atom. The van der Waals surface area contributed by atoms with Gasteiger partial charge >= 0.3 is 0 Å². The van der Waals surface area contributed by atoms with Crippen molar-refractivity contribution in [2.75, 3.05) is 13.4 Å². The molecule has 2 aliphatic heterocycles. The molecule has 5 nitrogen and oxygen atoms in total. The van der Waals surface area contributed by atoms with Gasteiger partial charge in [-0.25, -0.2) is 0 Å². The van der Waals surface area contributed by atoms with Gasteiger partial charge in [0.25, 0.3) is 0 Å². The molecule has 2 aromatic carbocycles. The van der Waals surface area contributed by atoms with E-state index in [-0.39, 0.29) is 12.6 Å². The molecule has 0 saturated heterocycles. The predicted molar refractivity (Wildman–Crippen MR) is 97.0 cm³/mol. The summed E-state index contributed by atoms with van der Waals surface area (Å²) < 4.78 is 22.2. The van der Waals surface area contributed by atoms with Gasteiger partial charge in [-0.15, -0.1) is 0 Å². The summed E-state index contributed by atoms with van der Waals surface area (Å²) in [5.74, 6) is 2.80. The SMILES string of the molecule is CCCCCOc1ccc2c(c1)OC(=Cc1ccc3c(c1)OCO3)C2=O. The molecule has 0 fully saturated rings. The number of ether oxygens (including phenoxy) is 4. The molecule has 26 heavy (non-hydrogen) atoms. The zero-order chi connectivity index (χ0) is 17.9. The highest BCUT2D eigenvalue weighted by atomic mass is 16.7. The van der Waals surface area contributed by atoms with Crippen LogP contribution in [0, 0.1) is 0 Å². The number of rotatable bonds is 6. The largest absolute Gasteiger partial charge is 0.493 e. The summed E-state index contributed by atoms with van der Waals surface area (Å²) >= 11 is 0. The van der Waals surface area contributed by atoms with Gasteiger partial charge in [-0.05, 0) is 42.3 Å². The number of ketones is 1. The van der Waals surface area contributed by atoms with Gasteiger partial charge in [-0.2, -0.15) is 0 Å². The van der Waals surface area contributed by atoms with E-state index in [2.05, 4.69) is 6.92 Å². The van der Waals surface area contributed by atoms with Crippen molar-refractivity contribution < 1.29 is 23.7 Å². The van der Waals surface area contributed by atoms with Crippen LogP contribution in [-0.2, 0) is 0 Å². The number of hydrogen-bond donors (Lipinski definition) is 0. The van der Waals surface area contributed by atoms with E-state index in [0.29, 0.717) is 35.2 Å². The van der Waals surface area contributed by atoms with Crippen LogP contribution in [0.4, 0.5) is 0 Å². The molecule has 2 heterocycles. The summed E-state index contributed by atoms with van der Waals surface area (Å²) in [6, 6.07) is 10.9. The minimum absolute atomic E-state index is 0.129. The average molecular weight is 352 g/mol. The lowest BCUT2D eigenvalue weighted by atomic mass is 10.1. The third-order valence-electron chi connectivity index (χ3n) is 4.35. The minimum Gasteiger partial charge on any atom is -0.493 e. The normalized spacial score (nSPS) is 15.9. The first-order valence-electron chi connectivity index (χ1n) is 8.85. The second-order valence-electron chi connectivity index (χ2n) is 6.27. The van der Waals surface area contributed by atoms with E-state index in [9.17, 15) is 4.79 Å². The summed E-state index contributed by atoms with van der Waals surface area (Å²) in [6.45, 7) is 3.04. The van der Waals surface area contributed by atoms with Crippen LogP contribution >= 0.6 is 0 Å². The summed E-state index contributed by atoms with van der Waals surface area (Å²) in [7, 11) is 0. The van der Waals surface area contributed by atoms with E-state index in [1.807, 2.05) is 24.3 Å². The monoisotopic (exact) mass is 352 g/mol. The van der Waals surface area contributed by atoms with Crippen LogP contribution in [0.2, 0.25) is 0 Å². The summed E-state index contributed by atoms with van der Waals surface area (Å²) in [5.41, 5.74) is 1.37. The fourth-order valence-corrected chi connectivity index (χ4v) is 2.95. The molecule has 2 aliphatic rings. The molecule has 0 N–H and O–H groups in total. The molecule has 2 aromatic rings. The Kier molecular flexibility index (Phi) is 4.52. The number of unbranched alkanes of at least 4 members (excludes halogenated alkanes) is 2. The standard InChI is InChI=1S/C21H20O5/c1-2-3-4-9-23-15-6-7-16-18(12-15)26-20(21(16)22)11-14-5-8-17-19(10-14)25-13-24-17/h5-8,10-12H,2-4,9,13H2,1H3. The zero-order valence-corrected chi connectivity index (χ0v) is 14.6. The molecule has 0 saturated carbocycles. The maximum absolute atomic E-state index is 12.6. The lowest BCUT2D eigenvalue weighted by Crippen LogP contribution is -1.98. The highest BCUT2D eigenvalue weighted by Gasteiger charge is 2.28. The summed E-state index contributed by atoms with van der Waals surface area (Å²) in [5, 5.41) is 0. The third kappa shape index (κ3) is 3.25. The molecule has 0 radical (unpaired) electrons. The Bertz CT molecular complexity index is 869. The van der Waals surface area contributed by atoms with Crippen LogP contribution in [0.15, 0.2) is 42.2 Å². The van der Waals surface area contributed by atoms with Gasteiger partial charge < -0.3 is 18.9 Å². The molecule has 5 heteroatoms. The first-order valence-corrected chi connectivity index (χ1v) is 8.85. The molecule has 0 aromatic heterocycles. The van der Waals surface area contributed by atoms with Gasteiger partial charge in [-0.3, -0.25) is 4.79 Å². The van der Waals surface area contributed by atoms with Crippen LogP contribution in [0.25, 0.3) is 6.08 Å². The van der Waals surface area contributed by atoms with Crippen LogP contribution in [0.5, 0.6) is 23.0 Å². The number of fused-ring (bicyclic) bond motifs is 2. The molecule has 4 rings (SSSR count). The second-order valence-corrected chi connectivity index (χ2v) is 6.27.